The molecule has 0 aliphatic rings. The molecule has 0 unspecified atom stereocenters. The van der Waals surface area contributed by atoms with Gasteiger partial charge in [-0.3, -0.25) is 10.1 Å². The van der Waals surface area contributed by atoms with E-state index in [0.717, 1.165) is 22.6 Å². The van der Waals surface area contributed by atoms with Crippen LogP contribution >= 0.6 is 11.3 Å². The molecule has 2 aromatic rings. The normalized spacial score (nSPS) is 10.4. The maximum absolute atomic E-state index is 13.2. The molecule has 0 saturated heterocycles. The number of aryl methyl sites for hydroxylation is 1. The second kappa shape index (κ2) is 6.74. The van der Waals surface area contributed by atoms with Crippen molar-refractivity contribution >= 4 is 33.7 Å². The first-order valence-corrected chi connectivity index (χ1v) is 7.64. The Morgan fingerprint density at radius 1 is 1.43 bits per heavy atom. The molecule has 1 aromatic carbocycles. The fourth-order valence-electron chi connectivity index (χ4n) is 2.05. The van der Waals surface area contributed by atoms with Crippen LogP contribution in [0.15, 0.2) is 18.2 Å². The zero-order valence-electron chi connectivity index (χ0n) is 12.8. The predicted octanol–water partition coefficient (Wildman–Crippen LogP) is 4.33. The highest BCUT2D eigenvalue weighted by atomic mass is 32.1. The second-order valence-corrected chi connectivity index (χ2v) is 5.98. The number of nitro groups is 1. The van der Waals surface area contributed by atoms with Crippen LogP contribution in [0.5, 0.6) is 0 Å². The standard InChI is InChI=1S/C15H15FN2O4S/c1-4-22-15(19)13-8(2)9(3)23-14(13)17-11-6-5-10(16)7-12(11)18(20)21/h5-7,17H,4H2,1-3H3. The number of nitro benzene ring substituents is 1. The van der Waals surface area contributed by atoms with E-state index in [1.807, 2.05) is 6.92 Å². The van der Waals surface area contributed by atoms with Crippen LogP contribution in [0.2, 0.25) is 0 Å². The Kier molecular flexibility index (Phi) is 4.95. The maximum atomic E-state index is 13.2. The van der Waals surface area contributed by atoms with Gasteiger partial charge >= 0.3 is 5.97 Å². The summed E-state index contributed by atoms with van der Waals surface area (Å²) in [4.78, 5) is 23.4. The summed E-state index contributed by atoms with van der Waals surface area (Å²) in [6, 6.07) is 3.22. The molecule has 23 heavy (non-hydrogen) atoms. The first-order chi connectivity index (χ1) is 10.8. The van der Waals surface area contributed by atoms with Gasteiger partial charge in [0.2, 0.25) is 0 Å². The molecule has 0 fully saturated rings. The highest BCUT2D eigenvalue weighted by Gasteiger charge is 2.23. The Morgan fingerprint density at radius 3 is 2.74 bits per heavy atom. The van der Waals surface area contributed by atoms with Crippen LogP contribution in [0.4, 0.5) is 20.8 Å². The van der Waals surface area contributed by atoms with Gasteiger partial charge in [-0.15, -0.1) is 11.3 Å². The van der Waals surface area contributed by atoms with E-state index in [-0.39, 0.29) is 12.3 Å². The summed E-state index contributed by atoms with van der Waals surface area (Å²) in [6.45, 7) is 5.54. The third-order valence-electron chi connectivity index (χ3n) is 3.27. The summed E-state index contributed by atoms with van der Waals surface area (Å²) in [5, 5.41) is 14.4. The van der Waals surface area contributed by atoms with Crippen LogP contribution in [-0.4, -0.2) is 17.5 Å². The van der Waals surface area contributed by atoms with E-state index in [1.54, 1.807) is 13.8 Å². The van der Waals surface area contributed by atoms with Crippen LogP contribution in [0, 0.1) is 29.8 Å². The topological polar surface area (TPSA) is 81.5 Å². The third-order valence-corrected chi connectivity index (χ3v) is 4.39. The van der Waals surface area contributed by atoms with E-state index >= 15 is 0 Å². The van der Waals surface area contributed by atoms with Crippen LogP contribution in [-0.2, 0) is 4.74 Å². The van der Waals surface area contributed by atoms with Crippen LogP contribution in [0.1, 0.15) is 27.7 Å². The molecule has 6 nitrogen and oxygen atoms in total. The number of nitrogens with zero attached hydrogens (tertiary/aromatic N) is 1. The number of thiophene rings is 1. The molecule has 0 radical (unpaired) electrons. The Morgan fingerprint density at radius 2 is 2.13 bits per heavy atom. The number of halogens is 1. The van der Waals surface area contributed by atoms with Crippen molar-refractivity contribution in [1.29, 1.82) is 0 Å². The Balaban J connectivity index is 2.47. The minimum absolute atomic E-state index is 0.114. The fourth-order valence-corrected chi connectivity index (χ4v) is 3.11. The van der Waals surface area contributed by atoms with Gasteiger partial charge < -0.3 is 10.1 Å². The summed E-state index contributed by atoms with van der Waals surface area (Å²) in [6.07, 6.45) is 0. The molecule has 0 bridgehead atoms. The number of ether oxygens (including phenoxy) is 1. The Labute approximate surface area is 136 Å². The molecule has 0 saturated carbocycles. The van der Waals surface area contributed by atoms with Crippen molar-refractivity contribution in [3.8, 4) is 0 Å². The van der Waals surface area contributed by atoms with Gasteiger partial charge in [-0.25, -0.2) is 9.18 Å². The quantitative estimate of drug-likeness (QED) is 0.498. The number of esters is 1. The number of benzene rings is 1. The number of rotatable bonds is 5. The van der Waals surface area contributed by atoms with E-state index in [0.29, 0.717) is 10.6 Å². The molecule has 1 aromatic heterocycles. The third kappa shape index (κ3) is 3.48. The maximum Gasteiger partial charge on any atom is 0.341 e. The zero-order chi connectivity index (χ0) is 17.1. The van der Waals surface area contributed by atoms with Crippen molar-refractivity contribution in [2.75, 3.05) is 11.9 Å². The van der Waals surface area contributed by atoms with E-state index in [9.17, 15) is 19.3 Å². The minimum Gasteiger partial charge on any atom is -0.462 e. The molecule has 0 spiro atoms. The zero-order valence-corrected chi connectivity index (χ0v) is 13.6. The van der Waals surface area contributed by atoms with E-state index in [4.69, 9.17) is 4.74 Å². The van der Waals surface area contributed by atoms with Gasteiger partial charge in [0.15, 0.2) is 0 Å². The second-order valence-electron chi connectivity index (χ2n) is 4.75. The van der Waals surface area contributed by atoms with Crippen LogP contribution in [0.25, 0.3) is 0 Å². The molecule has 2 rings (SSSR count). The molecular formula is C15H15FN2O4S. The molecule has 8 heteroatoms. The lowest BCUT2D eigenvalue weighted by Crippen LogP contribution is -2.08. The largest absolute Gasteiger partial charge is 0.462 e. The summed E-state index contributed by atoms with van der Waals surface area (Å²) >= 11 is 1.29. The first kappa shape index (κ1) is 16.9. The van der Waals surface area contributed by atoms with Crippen molar-refractivity contribution in [3.05, 3.63) is 50.1 Å². The van der Waals surface area contributed by atoms with Crippen LogP contribution < -0.4 is 5.32 Å². The average Bonchev–Trinajstić information content (AvgIpc) is 2.75. The van der Waals surface area contributed by atoms with Crippen molar-refractivity contribution in [1.82, 2.24) is 0 Å². The van der Waals surface area contributed by atoms with Gasteiger partial charge in [-0.1, -0.05) is 0 Å². The first-order valence-electron chi connectivity index (χ1n) is 6.83. The van der Waals surface area contributed by atoms with Gasteiger partial charge in [0.05, 0.1) is 23.2 Å². The lowest BCUT2D eigenvalue weighted by Gasteiger charge is -2.08. The fraction of sp³-hybridized carbons (Fsp3) is 0.267. The number of nitrogens with one attached hydrogen (secondary N) is 1. The summed E-state index contributed by atoms with van der Waals surface area (Å²) in [7, 11) is 0. The molecule has 0 amide bonds. The molecule has 0 aliphatic carbocycles. The van der Waals surface area contributed by atoms with Crippen molar-refractivity contribution < 1.29 is 18.8 Å². The van der Waals surface area contributed by atoms with Gasteiger partial charge in [-0.05, 0) is 38.5 Å². The van der Waals surface area contributed by atoms with Gasteiger partial charge in [-0.2, -0.15) is 0 Å². The molecule has 0 atom stereocenters. The van der Waals surface area contributed by atoms with Gasteiger partial charge in [0, 0.05) is 4.88 Å². The number of carbonyl (C=O) groups is 1. The Bertz CT molecular complexity index is 773. The highest BCUT2D eigenvalue weighted by Crippen LogP contribution is 2.37. The lowest BCUT2D eigenvalue weighted by molar-refractivity contribution is -0.384. The number of carbonyl (C=O) groups excluding carboxylic acids is 1. The van der Waals surface area contributed by atoms with Gasteiger partial charge in [0.25, 0.3) is 5.69 Å². The van der Waals surface area contributed by atoms with E-state index in [2.05, 4.69) is 5.32 Å². The van der Waals surface area contributed by atoms with Crippen LogP contribution in [0.3, 0.4) is 0 Å². The SMILES string of the molecule is CCOC(=O)c1c(Nc2ccc(F)cc2[N+](=O)[O-])sc(C)c1C. The molecule has 1 N–H and O–H groups in total. The average molecular weight is 338 g/mol. The van der Waals surface area contributed by atoms with Gasteiger partial charge in [0.1, 0.15) is 16.5 Å². The number of hydrogen-bond donors (Lipinski definition) is 1. The smallest absolute Gasteiger partial charge is 0.341 e. The molecule has 122 valence electrons. The molecule has 1 heterocycles. The predicted molar refractivity (Wildman–Crippen MR) is 86.1 cm³/mol. The Hall–Kier alpha value is -2.48. The van der Waals surface area contributed by atoms with E-state index in [1.165, 1.54) is 17.4 Å². The van der Waals surface area contributed by atoms with Crippen molar-refractivity contribution in [3.63, 3.8) is 0 Å². The summed E-state index contributed by atoms with van der Waals surface area (Å²) in [5.74, 6) is -1.20. The van der Waals surface area contributed by atoms with Crippen molar-refractivity contribution in [2.45, 2.75) is 20.8 Å². The summed E-state index contributed by atoms with van der Waals surface area (Å²) in [5.41, 5.74) is 0.806. The number of anilines is 2. The van der Waals surface area contributed by atoms with E-state index < -0.39 is 22.4 Å². The number of hydrogen-bond acceptors (Lipinski definition) is 6. The lowest BCUT2D eigenvalue weighted by atomic mass is 10.1. The monoisotopic (exact) mass is 338 g/mol. The minimum atomic E-state index is -0.702. The molecular weight excluding hydrogens is 323 g/mol. The summed E-state index contributed by atoms with van der Waals surface area (Å²) < 4.78 is 18.2. The van der Waals surface area contributed by atoms with Crippen molar-refractivity contribution in [2.24, 2.45) is 0 Å². The highest BCUT2D eigenvalue weighted by molar-refractivity contribution is 7.16. The molecule has 0 aliphatic heterocycles.